The molecule has 1 aliphatic heterocycles. The van der Waals surface area contributed by atoms with Crippen LogP contribution >= 0.6 is 0 Å². The zero-order chi connectivity index (χ0) is 14.6. The van der Waals surface area contributed by atoms with Crippen molar-refractivity contribution < 1.29 is 14.7 Å². The third-order valence-corrected chi connectivity index (χ3v) is 4.10. The highest BCUT2D eigenvalue weighted by molar-refractivity contribution is 5.76. The van der Waals surface area contributed by atoms with Crippen molar-refractivity contribution in [3.8, 4) is 0 Å². The van der Waals surface area contributed by atoms with Crippen LogP contribution in [-0.2, 0) is 4.79 Å². The SMILES string of the molecule is CC(CNC(=O)N1CCCC(C(=O)O)C1)C(C)(C)C. The Hall–Kier alpha value is -1.26. The minimum absolute atomic E-state index is 0.137. The van der Waals surface area contributed by atoms with E-state index in [1.807, 2.05) is 0 Å². The molecule has 2 atom stereocenters. The van der Waals surface area contributed by atoms with Crippen molar-refractivity contribution in [1.82, 2.24) is 10.2 Å². The van der Waals surface area contributed by atoms with Gasteiger partial charge in [-0.1, -0.05) is 27.7 Å². The molecule has 1 aliphatic rings. The molecule has 2 unspecified atom stereocenters. The van der Waals surface area contributed by atoms with Gasteiger partial charge in [0.15, 0.2) is 0 Å². The topological polar surface area (TPSA) is 69.6 Å². The second kappa shape index (κ2) is 6.26. The molecule has 5 heteroatoms. The Kier molecular flexibility index (Phi) is 5.20. The third kappa shape index (κ3) is 4.73. The van der Waals surface area contributed by atoms with Gasteiger partial charge in [-0.15, -0.1) is 0 Å². The van der Waals surface area contributed by atoms with E-state index in [0.29, 0.717) is 32.0 Å². The van der Waals surface area contributed by atoms with E-state index in [-0.39, 0.29) is 11.4 Å². The van der Waals surface area contributed by atoms with Crippen molar-refractivity contribution in [2.75, 3.05) is 19.6 Å². The number of urea groups is 1. The van der Waals surface area contributed by atoms with E-state index in [4.69, 9.17) is 5.11 Å². The Balaban J connectivity index is 2.43. The number of nitrogens with one attached hydrogen (secondary N) is 1. The Bertz CT molecular complexity index is 336. The molecule has 0 spiro atoms. The highest BCUT2D eigenvalue weighted by Crippen LogP contribution is 2.24. The average Bonchev–Trinajstić information content (AvgIpc) is 2.34. The van der Waals surface area contributed by atoms with E-state index in [9.17, 15) is 9.59 Å². The summed E-state index contributed by atoms with van der Waals surface area (Å²) < 4.78 is 0. The molecule has 0 aliphatic carbocycles. The molecule has 19 heavy (non-hydrogen) atoms. The molecular formula is C14H26N2O3. The van der Waals surface area contributed by atoms with E-state index in [2.05, 4.69) is 33.0 Å². The predicted octanol–water partition coefficient (Wildman–Crippen LogP) is 2.17. The number of likely N-dealkylation sites (tertiary alicyclic amines) is 1. The summed E-state index contributed by atoms with van der Waals surface area (Å²) in [6.07, 6.45) is 1.43. The van der Waals surface area contributed by atoms with Crippen LogP contribution in [0.3, 0.4) is 0 Å². The first kappa shape index (κ1) is 15.8. The number of hydrogen-bond donors (Lipinski definition) is 2. The van der Waals surface area contributed by atoms with Crippen LogP contribution in [0, 0.1) is 17.3 Å². The molecule has 2 N–H and O–H groups in total. The predicted molar refractivity (Wildman–Crippen MR) is 74.0 cm³/mol. The number of carboxylic acids is 1. The van der Waals surface area contributed by atoms with E-state index >= 15 is 0 Å². The quantitative estimate of drug-likeness (QED) is 0.825. The van der Waals surface area contributed by atoms with Crippen LogP contribution in [-0.4, -0.2) is 41.6 Å². The number of carboxylic acid groups (broad SMARTS) is 1. The maximum Gasteiger partial charge on any atom is 0.317 e. The molecule has 2 amide bonds. The van der Waals surface area contributed by atoms with Crippen molar-refractivity contribution in [3.05, 3.63) is 0 Å². The van der Waals surface area contributed by atoms with Crippen LogP contribution in [0.15, 0.2) is 0 Å². The number of carbonyl (C=O) groups is 2. The van der Waals surface area contributed by atoms with Gasteiger partial charge in [0.05, 0.1) is 5.92 Å². The number of piperidine rings is 1. The molecule has 1 fully saturated rings. The van der Waals surface area contributed by atoms with Gasteiger partial charge in [0.1, 0.15) is 0 Å². The summed E-state index contributed by atoms with van der Waals surface area (Å²) in [7, 11) is 0. The first-order valence-electron chi connectivity index (χ1n) is 6.97. The van der Waals surface area contributed by atoms with Gasteiger partial charge in [-0.05, 0) is 24.2 Å². The molecule has 1 saturated heterocycles. The molecule has 110 valence electrons. The first-order valence-corrected chi connectivity index (χ1v) is 6.97. The number of hydrogen-bond acceptors (Lipinski definition) is 2. The number of nitrogens with zero attached hydrogens (tertiary/aromatic N) is 1. The second-order valence-electron chi connectivity index (χ2n) is 6.58. The highest BCUT2D eigenvalue weighted by Gasteiger charge is 2.28. The fourth-order valence-corrected chi connectivity index (χ4v) is 2.02. The molecule has 0 radical (unpaired) electrons. The average molecular weight is 270 g/mol. The minimum atomic E-state index is -0.805. The van der Waals surface area contributed by atoms with E-state index in [1.54, 1.807) is 4.90 Å². The summed E-state index contributed by atoms with van der Waals surface area (Å²) in [6, 6.07) is -0.137. The molecule has 0 aromatic rings. The first-order chi connectivity index (χ1) is 8.71. The maximum atomic E-state index is 12.0. The standard InChI is InChI=1S/C14H26N2O3/c1-10(14(2,3)4)8-15-13(19)16-7-5-6-11(9-16)12(17)18/h10-11H,5-9H2,1-4H3,(H,15,19)(H,17,18). The highest BCUT2D eigenvalue weighted by atomic mass is 16.4. The minimum Gasteiger partial charge on any atom is -0.481 e. The van der Waals surface area contributed by atoms with E-state index in [0.717, 1.165) is 6.42 Å². The molecule has 5 nitrogen and oxygen atoms in total. The molecule has 0 aromatic carbocycles. The van der Waals surface area contributed by atoms with Gasteiger partial charge in [-0.25, -0.2) is 4.79 Å². The van der Waals surface area contributed by atoms with Crippen molar-refractivity contribution in [3.63, 3.8) is 0 Å². The van der Waals surface area contributed by atoms with Crippen molar-refractivity contribution >= 4 is 12.0 Å². The molecule has 0 saturated carbocycles. The molecular weight excluding hydrogens is 244 g/mol. The third-order valence-electron chi connectivity index (χ3n) is 4.10. The van der Waals surface area contributed by atoms with Crippen molar-refractivity contribution in [1.29, 1.82) is 0 Å². The van der Waals surface area contributed by atoms with Gasteiger partial charge < -0.3 is 15.3 Å². The van der Waals surface area contributed by atoms with Crippen molar-refractivity contribution in [2.45, 2.75) is 40.5 Å². The Morgan fingerprint density at radius 2 is 2.05 bits per heavy atom. The Labute approximate surface area is 115 Å². The van der Waals surface area contributed by atoms with Gasteiger partial charge in [0.25, 0.3) is 0 Å². The number of carbonyl (C=O) groups excluding carboxylic acids is 1. The fraction of sp³-hybridized carbons (Fsp3) is 0.857. The molecule has 1 rings (SSSR count). The van der Waals surface area contributed by atoms with E-state index < -0.39 is 11.9 Å². The fourth-order valence-electron chi connectivity index (χ4n) is 2.02. The Morgan fingerprint density at radius 3 is 2.58 bits per heavy atom. The lowest BCUT2D eigenvalue weighted by molar-refractivity contribution is -0.143. The van der Waals surface area contributed by atoms with Gasteiger partial charge >= 0.3 is 12.0 Å². The number of amides is 2. The lowest BCUT2D eigenvalue weighted by Crippen LogP contribution is -2.48. The summed E-state index contributed by atoms with van der Waals surface area (Å²) in [6.45, 7) is 10.1. The summed E-state index contributed by atoms with van der Waals surface area (Å²) in [5, 5.41) is 11.9. The van der Waals surface area contributed by atoms with E-state index in [1.165, 1.54) is 0 Å². The molecule has 1 heterocycles. The summed E-state index contributed by atoms with van der Waals surface area (Å²) >= 11 is 0. The molecule has 0 aromatic heterocycles. The van der Waals surface area contributed by atoms with Crippen LogP contribution in [0.1, 0.15) is 40.5 Å². The second-order valence-corrected chi connectivity index (χ2v) is 6.58. The normalized spacial score (nSPS) is 21.9. The van der Waals surface area contributed by atoms with Gasteiger partial charge in [-0.3, -0.25) is 4.79 Å². The van der Waals surface area contributed by atoms with Gasteiger partial charge in [0, 0.05) is 19.6 Å². The van der Waals surface area contributed by atoms with Crippen LogP contribution in [0.2, 0.25) is 0 Å². The summed E-state index contributed by atoms with van der Waals surface area (Å²) in [5.41, 5.74) is 0.152. The van der Waals surface area contributed by atoms with Crippen molar-refractivity contribution in [2.24, 2.45) is 17.3 Å². The lowest BCUT2D eigenvalue weighted by Gasteiger charge is -2.32. The lowest BCUT2D eigenvalue weighted by atomic mass is 9.82. The molecule has 0 bridgehead atoms. The van der Waals surface area contributed by atoms with Gasteiger partial charge in [0.2, 0.25) is 0 Å². The maximum absolute atomic E-state index is 12.0. The van der Waals surface area contributed by atoms with Crippen LogP contribution in [0.25, 0.3) is 0 Å². The monoisotopic (exact) mass is 270 g/mol. The zero-order valence-corrected chi connectivity index (χ0v) is 12.4. The largest absolute Gasteiger partial charge is 0.481 e. The Morgan fingerprint density at radius 1 is 1.42 bits per heavy atom. The van der Waals surface area contributed by atoms with Crippen LogP contribution in [0.4, 0.5) is 4.79 Å². The number of aliphatic carboxylic acids is 1. The smallest absolute Gasteiger partial charge is 0.317 e. The van der Waals surface area contributed by atoms with Crippen LogP contribution < -0.4 is 5.32 Å². The number of rotatable bonds is 3. The summed E-state index contributed by atoms with van der Waals surface area (Å²) in [4.78, 5) is 24.6. The van der Waals surface area contributed by atoms with Crippen LogP contribution in [0.5, 0.6) is 0 Å². The summed E-state index contributed by atoms with van der Waals surface area (Å²) in [5.74, 6) is -0.850. The zero-order valence-electron chi connectivity index (χ0n) is 12.4. The van der Waals surface area contributed by atoms with Gasteiger partial charge in [-0.2, -0.15) is 0 Å².